The van der Waals surface area contributed by atoms with E-state index in [-0.39, 0.29) is 29.7 Å². The quantitative estimate of drug-likeness (QED) is 0.632. The molecule has 5 rings (SSSR count). The minimum atomic E-state index is -0.440. The highest BCUT2D eigenvalue weighted by molar-refractivity contribution is 6.06. The number of amides is 1. The van der Waals surface area contributed by atoms with Crippen LogP contribution in [0.4, 0.5) is 11.7 Å². The molecule has 1 fully saturated rings. The molecule has 1 aliphatic heterocycles. The van der Waals surface area contributed by atoms with Crippen molar-refractivity contribution in [1.29, 1.82) is 0 Å². The van der Waals surface area contributed by atoms with Gasteiger partial charge in [0.05, 0.1) is 17.8 Å². The summed E-state index contributed by atoms with van der Waals surface area (Å²) in [6, 6.07) is 8.99. The lowest BCUT2D eigenvalue weighted by Gasteiger charge is -2.22. The van der Waals surface area contributed by atoms with Gasteiger partial charge < -0.3 is 9.73 Å². The Hall–Kier alpha value is -3.95. The highest BCUT2D eigenvalue weighted by Gasteiger charge is 2.28. The molecule has 0 spiro atoms. The van der Waals surface area contributed by atoms with Gasteiger partial charge in [-0.3, -0.25) is 20.1 Å². The van der Waals surface area contributed by atoms with E-state index in [1.165, 1.54) is 6.34 Å². The molecule has 1 aliphatic carbocycles. The van der Waals surface area contributed by atoms with Gasteiger partial charge in [0, 0.05) is 24.0 Å². The zero-order valence-corrected chi connectivity index (χ0v) is 16.8. The van der Waals surface area contributed by atoms with Gasteiger partial charge in [0.2, 0.25) is 0 Å². The fourth-order valence-corrected chi connectivity index (χ4v) is 3.22. The van der Waals surface area contributed by atoms with Crippen molar-refractivity contribution in [3.8, 4) is 11.6 Å². The van der Waals surface area contributed by atoms with Crippen molar-refractivity contribution in [3.63, 3.8) is 0 Å². The van der Waals surface area contributed by atoms with Gasteiger partial charge in [-0.1, -0.05) is 11.2 Å². The number of aliphatic imine (C=N–C) groups is 2. The lowest BCUT2D eigenvalue weighted by Crippen LogP contribution is -2.34. The topological polar surface area (TPSA) is 131 Å². The van der Waals surface area contributed by atoms with Crippen LogP contribution in [0.1, 0.15) is 41.9 Å². The first-order valence-corrected chi connectivity index (χ1v) is 10.1. The van der Waals surface area contributed by atoms with Crippen LogP contribution in [-0.4, -0.2) is 50.7 Å². The van der Waals surface area contributed by atoms with Crippen molar-refractivity contribution in [2.24, 2.45) is 9.98 Å². The molecule has 31 heavy (non-hydrogen) atoms. The minimum Gasteiger partial charge on any atom is -0.401 e. The largest absolute Gasteiger partial charge is 0.401 e. The van der Waals surface area contributed by atoms with Gasteiger partial charge in [-0.05, 0) is 44.0 Å². The van der Waals surface area contributed by atoms with Gasteiger partial charge in [-0.15, -0.1) is 5.10 Å². The van der Waals surface area contributed by atoms with Crippen LogP contribution in [0, 0.1) is 0 Å². The molecule has 1 saturated carbocycles. The van der Waals surface area contributed by atoms with Crippen molar-refractivity contribution in [2.75, 3.05) is 10.6 Å². The number of hydrogen-bond acceptors (Lipinski definition) is 9. The van der Waals surface area contributed by atoms with Crippen molar-refractivity contribution in [2.45, 2.75) is 37.8 Å². The SMILES string of the molecule is CC1N=CN=CC1Nc1ccc(C2CC2)nc1C(=O)Nc1nnc(-c2ccccn2)o1. The summed E-state index contributed by atoms with van der Waals surface area (Å²) in [4.78, 5) is 30.3. The van der Waals surface area contributed by atoms with Crippen molar-refractivity contribution >= 4 is 30.2 Å². The first-order chi connectivity index (χ1) is 15.2. The van der Waals surface area contributed by atoms with Gasteiger partial charge in [0.15, 0.2) is 5.69 Å². The van der Waals surface area contributed by atoms with Crippen molar-refractivity contribution in [1.82, 2.24) is 20.2 Å². The molecular weight excluding hydrogens is 396 g/mol. The summed E-state index contributed by atoms with van der Waals surface area (Å²) >= 11 is 0. The van der Waals surface area contributed by atoms with Crippen molar-refractivity contribution in [3.05, 3.63) is 47.9 Å². The van der Waals surface area contributed by atoms with E-state index in [0.717, 1.165) is 18.5 Å². The lowest BCUT2D eigenvalue weighted by atomic mass is 10.1. The second-order valence-corrected chi connectivity index (χ2v) is 7.46. The molecule has 3 aromatic rings. The smallest absolute Gasteiger partial charge is 0.322 e. The Morgan fingerprint density at radius 2 is 2.06 bits per heavy atom. The number of nitrogens with zero attached hydrogens (tertiary/aromatic N) is 6. The Labute approximate surface area is 178 Å². The van der Waals surface area contributed by atoms with E-state index in [9.17, 15) is 4.79 Å². The van der Waals surface area contributed by atoms with Gasteiger partial charge >= 0.3 is 6.01 Å². The average molecular weight is 416 g/mol. The summed E-state index contributed by atoms with van der Waals surface area (Å²) in [6.45, 7) is 1.97. The molecule has 2 atom stereocenters. The summed E-state index contributed by atoms with van der Waals surface area (Å²) in [5.41, 5.74) is 2.28. The van der Waals surface area contributed by atoms with E-state index in [0.29, 0.717) is 17.3 Å². The molecule has 2 aliphatic rings. The summed E-state index contributed by atoms with van der Waals surface area (Å²) in [5.74, 6) is 0.184. The second kappa shape index (κ2) is 8.05. The van der Waals surface area contributed by atoms with Crippen LogP contribution in [0.25, 0.3) is 11.6 Å². The molecule has 156 valence electrons. The molecule has 0 aromatic carbocycles. The van der Waals surface area contributed by atoms with Crippen molar-refractivity contribution < 1.29 is 9.21 Å². The molecular formula is C21H20N8O2. The summed E-state index contributed by atoms with van der Waals surface area (Å²) < 4.78 is 5.55. The van der Waals surface area contributed by atoms with Gasteiger partial charge in [0.1, 0.15) is 12.0 Å². The molecule has 1 amide bonds. The molecule has 2 N–H and O–H groups in total. The highest BCUT2D eigenvalue weighted by Crippen LogP contribution is 2.39. The lowest BCUT2D eigenvalue weighted by molar-refractivity contribution is 0.102. The fraction of sp³-hybridized carbons (Fsp3) is 0.286. The fourth-order valence-electron chi connectivity index (χ4n) is 3.22. The third-order valence-electron chi connectivity index (χ3n) is 5.11. The Bertz CT molecular complexity index is 1150. The third kappa shape index (κ3) is 4.18. The number of hydrogen-bond donors (Lipinski definition) is 2. The molecule has 4 heterocycles. The molecule has 3 aromatic heterocycles. The van der Waals surface area contributed by atoms with Crippen LogP contribution in [0.3, 0.4) is 0 Å². The molecule has 10 heteroatoms. The van der Waals surface area contributed by atoms with E-state index in [1.807, 2.05) is 25.1 Å². The Kier molecular flexibility index (Phi) is 4.95. The Balaban J connectivity index is 1.39. The normalized spacial score (nSPS) is 19.9. The van der Waals surface area contributed by atoms with Crippen LogP contribution in [0.2, 0.25) is 0 Å². The molecule has 10 nitrogen and oxygen atoms in total. The Morgan fingerprint density at radius 1 is 1.16 bits per heavy atom. The van der Waals surface area contributed by atoms with Gasteiger partial charge in [-0.25, -0.2) is 9.98 Å². The number of carbonyl (C=O) groups is 1. The van der Waals surface area contributed by atoms with Crippen LogP contribution in [-0.2, 0) is 0 Å². The van der Waals surface area contributed by atoms with Gasteiger partial charge in [-0.2, -0.15) is 0 Å². The summed E-state index contributed by atoms with van der Waals surface area (Å²) in [5, 5.41) is 13.8. The highest BCUT2D eigenvalue weighted by atomic mass is 16.4. The van der Waals surface area contributed by atoms with E-state index < -0.39 is 5.91 Å². The number of nitrogens with one attached hydrogen (secondary N) is 2. The van der Waals surface area contributed by atoms with Crippen LogP contribution in [0.15, 0.2) is 50.9 Å². The van der Waals surface area contributed by atoms with Crippen LogP contribution >= 0.6 is 0 Å². The monoisotopic (exact) mass is 416 g/mol. The molecule has 0 bridgehead atoms. The number of aromatic nitrogens is 4. The molecule has 0 saturated heterocycles. The number of anilines is 2. The van der Waals surface area contributed by atoms with Crippen LogP contribution in [0.5, 0.6) is 0 Å². The predicted molar refractivity (Wildman–Crippen MR) is 116 cm³/mol. The third-order valence-corrected chi connectivity index (χ3v) is 5.11. The standard InChI is InChI=1S/C21H20N8O2/c1-12-17(10-22-11-24-12)25-15-8-7-14(13-5-6-13)26-18(15)19(30)27-21-29-28-20(31-21)16-4-2-3-9-23-16/h2-4,7-13,17,25H,5-6H2,1H3,(H,27,29,30). The second-order valence-electron chi connectivity index (χ2n) is 7.46. The maximum atomic E-state index is 13.1. The zero-order chi connectivity index (χ0) is 21.2. The predicted octanol–water partition coefficient (Wildman–Crippen LogP) is 2.94. The maximum absolute atomic E-state index is 13.1. The summed E-state index contributed by atoms with van der Waals surface area (Å²) in [6.07, 6.45) is 7.09. The number of rotatable bonds is 6. The maximum Gasteiger partial charge on any atom is 0.322 e. The van der Waals surface area contributed by atoms with E-state index >= 15 is 0 Å². The van der Waals surface area contributed by atoms with Gasteiger partial charge in [0.25, 0.3) is 11.8 Å². The zero-order valence-electron chi connectivity index (χ0n) is 16.8. The van der Waals surface area contributed by atoms with E-state index in [4.69, 9.17) is 4.42 Å². The van der Waals surface area contributed by atoms with Crippen LogP contribution < -0.4 is 10.6 Å². The minimum absolute atomic E-state index is 0.0200. The molecule has 2 unspecified atom stereocenters. The van der Waals surface area contributed by atoms with E-state index in [1.54, 1.807) is 24.5 Å². The van der Waals surface area contributed by atoms with E-state index in [2.05, 4.69) is 40.8 Å². The summed E-state index contributed by atoms with van der Waals surface area (Å²) in [7, 11) is 0. The molecule has 0 radical (unpaired) electrons. The number of pyridine rings is 2. The number of carbonyl (C=O) groups excluding carboxylic acids is 1. The average Bonchev–Trinajstić information content (AvgIpc) is 3.55. The Morgan fingerprint density at radius 3 is 2.84 bits per heavy atom. The first kappa shape index (κ1) is 19.0. The first-order valence-electron chi connectivity index (χ1n) is 10.1.